The third-order valence-corrected chi connectivity index (χ3v) is 6.10. The number of Topliss-reactive ketones (excluding diaryl/α,β-unsaturated/α-hetero) is 1. The molecule has 194 valence electrons. The Balaban J connectivity index is 1.65. The molecule has 2 aromatic heterocycles. The second-order valence-electron chi connectivity index (χ2n) is 8.79. The Morgan fingerprint density at radius 3 is 2.41 bits per heavy atom. The zero-order valence-corrected chi connectivity index (χ0v) is 20.1. The highest BCUT2D eigenvalue weighted by molar-refractivity contribution is 5.97. The fourth-order valence-electron chi connectivity index (χ4n) is 4.25. The maximum atomic E-state index is 14.0. The summed E-state index contributed by atoms with van der Waals surface area (Å²) in [6.45, 7) is 2.95. The first kappa shape index (κ1) is 26.3. The maximum absolute atomic E-state index is 14.0. The molecule has 0 amide bonds. The molecule has 0 aliphatic carbocycles. The Morgan fingerprint density at radius 1 is 1.08 bits per heavy atom. The summed E-state index contributed by atoms with van der Waals surface area (Å²) in [5.74, 6) is -2.29. The average molecular weight is 517 g/mol. The van der Waals surface area contributed by atoms with Gasteiger partial charge in [0, 0.05) is 18.5 Å². The lowest BCUT2D eigenvalue weighted by Crippen LogP contribution is -2.19. The molecule has 2 N–H and O–H groups in total. The number of hydrogen-bond acceptors (Lipinski definition) is 4. The molecular formula is C27H24F5N3O2. The molecule has 37 heavy (non-hydrogen) atoms. The van der Waals surface area contributed by atoms with Gasteiger partial charge in [-0.15, -0.1) is 0 Å². The van der Waals surface area contributed by atoms with Crippen LogP contribution in [0, 0.1) is 25.5 Å². The number of carbonyl (C=O) groups excluding carboxylic acids is 1. The van der Waals surface area contributed by atoms with Crippen molar-refractivity contribution >= 4 is 11.4 Å². The Kier molecular flexibility index (Phi) is 7.31. The van der Waals surface area contributed by atoms with Crippen LogP contribution in [0.5, 0.6) is 5.75 Å². The first-order chi connectivity index (χ1) is 17.5. The number of aromatic nitrogens is 2. The minimum atomic E-state index is -4.52. The first-order valence-electron chi connectivity index (χ1n) is 11.4. The standard InChI is InChI=1S/C27H24F5N3O2/c1-15-9-24(37-14-20-21(28)7-4-8-22(20)29)26-34-16(2)25(35(26)13-15)23(36)11-18(12-33)17-5-3-6-19(10-17)27(30,31)32/h3-10,13,18H,11-12,14,33H2,1-2H3. The van der Waals surface area contributed by atoms with Gasteiger partial charge < -0.3 is 10.5 Å². The summed E-state index contributed by atoms with van der Waals surface area (Å²) in [6.07, 6.45) is -2.99. The quantitative estimate of drug-likeness (QED) is 0.225. The average Bonchev–Trinajstić information content (AvgIpc) is 3.17. The summed E-state index contributed by atoms with van der Waals surface area (Å²) in [6, 6.07) is 9.91. The number of rotatable bonds is 8. The van der Waals surface area contributed by atoms with Crippen molar-refractivity contribution in [2.45, 2.75) is 39.0 Å². The molecule has 1 unspecified atom stereocenters. The van der Waals surface area contributed by atoms with Crippen molar-refractivity contribution < 1.29 is 31.5 Å². The summed E-state index contributed by atoms with van der Waals surface area (Å²) in [5, 5.41) is 0. The number of nitrogens with two attached hydrogens (primary N) is 1. The lowest BCUT2D eigenvalue weighted by molar-refractivity contribution is -0.137. The van der Waals surface area contributed by atoms with Crippen LogP contribution >= 0.6 is 0 Å². The van der Waals surface area contributed by atoms with Gasteiger partial charge in [-0.3, -0.25) is 9.20 Å². The van der Waals surface area contributed by atoms with Gasteiger partial charge in [-0.1, -0.05) is 24.3 Å². The van der Waals surface area contributed by atoms with Gasteiger partial charge in [0.15, 0.2) is 17.2 Å². The minimum Gasteiger partial charge on any atom is -0.485 e. The molecule has 0 radical (unpaired) electrons. The predicted octanol–water partition coefficient (Wildman–Crippen LogP) is 6.14. The van der Waals surface area contributed by atoms with Crippen LogP contribution < -0.4 is 10.5 Å². The number of carbonyl (C=O) groups is 1. The monoisotopic (exact) mass is 517 g/mol. The second kappa shape index (κ2) is 10.3. The largest absolute Gasteiger partial charge is 0.485 e. The summed E-state index contributed by atoms with van der Waals surface area (Å²) in [5.41, 5.74) is 6.66. The summed E-state index contributed by atoms with van der Waals surface area (Å²) < 4.78 is 74.9. The highest BCUT2D eigenvalue weighted by Gasteiger charge is 2.31. The molecule has 1 atom stereocenters. The van der Waals surface area contributed by atoms with Gasteiger partial charge in [-0.2, -0.15) is 13.2 Å². The number of ketones is 1. The van der Waals surface area contributed by atoms with E-state index in [2.05, 4.69) is 4.98 Å². The predicted molar refractivity (Wildman–Crippen MR) is 128 cm³/mol. The van der Waals surface area contributed by atoms with Crippen molar-refractivity contribution in [2.75, 3.05) is 6.54 Å². The molecule has 0 spiro atoms. The lowest BCUT2D eigenvalue weighted by Gasteiger charge is -2.17. The molecule has 0 fully saturated rings. The van der Waals surface area contributed by atoms with Crippen LogP contribution in [0.1, 0.15) is 50.8 Å². The van der Waals surface area contributed by atoms with Crippen molar-refractivity contribution in [2.24, 2.45) is 5.73 Å². The first-order valence-corrected chi connectivity index (χ1v) is 11.4. The van der Waals surface area contributed by atoms with Gasteiger partial charge in [0.1, 0.15) is 23.9 Å². The number of hydrogen-bond donors (Lipinski definition) is 1. The number of nitrogens with zero attached hydrogens (tertiary/aromatic N) is 2. The van der Waals surface area contributed by atoms with Gasteiger partial charge >= 0.3 is 6.18 Å². The number of alkyl halides is 3. The normalized spacial score (nSPS) is 12.6. The molecule has 2 aromatic carbocycles. The van der Waals surface area contributed by atoms with Gasteiger partial charge in [0.25, 0.3) is 0 Å². The van der Waals surface area contributed by atoms with Crippen LogP contribution in [-0.2, 0) is 12.8 Å². The Labute approximate surface area is 209 Å². The number of imidazole rings is 1. The number of aryl methyl sites for hydroxylation is 2. The minimum absolute atomic E-state index is 0.0373. The zero-order chi connectivity index (χ0) is 26.9. The molecule has 0 saturated carbocycles. The van der Waals surface area contributed by atoms with E-state index in [4.69, 9.17) is 10.5 Å². The van der Waals surface area contributed by atoms with Crippen molar-refractivity contribution in [1.82, 2.24) is 9.38 Å². The van der Waals surface area contributed by atoms with Crippen molar-refractivity contribution in [3.63, 3.8) is 0 Å². The van der Waals surface area contributed by atoms with Crippen LogP contribution in [0.25, 0.3) is 5.65 Å². The number of ether oxygens (including phenoxy) is 1. The topological polar surface area (TPSA) is 69.6 Å². The smallest absolute Gasteiger partial charge is 0.416 e. The fourth-order valence-corrected chi connectivity index (χ4v) is 4.25. The highest BCUT2D eigenvalue weighted by atomic mass is 19.4. The molecule has 2 heterocycles. The van der Waals surface area contributed by atoms with Crippen LogP contribution in [-0.4, -0.2) is 21.7 Å². The fraction of sp³-hybridized carbons (Fsp3) is 0.259. The molecule has 5 nitrogen and oxygen atoms in total. The van der Waals surface area contributed by atoms with Crippen LogP contribution in [0.2, 0.25) is 0 Å². The van der Waals surface area contributed by atoms with E-state index >= 15 is 0 Å². The zero-order valence-electron chi connectivity index (χ0n) is 20.1. The summed E-state index contributed by atoms with van der Waals surface area (Å²) in [7, 11) is 0. The van der Waals surface area contributed by atoms with E-state index in [1.54, 1.807) is 26.1 Å². The molecule has 10 heteroatoms. The third kappa shape index (κ3) is 5.48. The Bertz CT molecular complexity index is 1440. The van der Waals surface area contributed by atoms with E-state index in [0.29, 0.717) is 16.8 Å². The lowest BCUT2D eigenvalue weighted by atomic mass is 9.91. The van der Waals surface area contributed by atoms with E-state index in [0.717, 1.165) is 24.3 Å². The van der Waals surface area contributed by atoms with Gasteiger partial charge in [-0.05, 0) is 55.8 Å². The van der Waals surface area contributed by atoms with Crippen LogP contribution in [0.4, 0.5) is 22.0 Å². The van der Waals surface area contributed by atoms with Gasteiger partial charge in [0.2, 0.25) is 0 Å². The third-order valence-electron chi connectivity index (χ3n) is 6.10. The van der Waals surface area contributed by atoms with E-state index in [9.17, 15) is 26.7 Å². The maximum Gasteiger partial charge on any atom is 0.416 e. The van der Waals surface area contributed by atoms with E-state index in [1.807, 2.05) is 0 Å². The van der Waals surface area contributed by atoms with Crippen LogP contribution in [0.15, 0.2) is 54.7 Å². The molecule has 4 rings (SSSR count). The van der Waals surface area contributed by atoms with Crippen LogP contribution in [0.3, 0.4) is 0 Å². The summed E-state index contributed by atoms with van der Waals surface area (Å²) in [4.78, 5) is 17.8. The molecule has 0 saturated heterocycles. The van der Waals surface area contributed by atoms with Gasteiger partial charge in [0.05, 0.1) is 16.8 Å². The van der Waals surface area contributed by atoms with E-state index in [1.165, 1.54) is 22.6 Å². The number of fused-ring (bicyclic) bond motifs is 1. The van der Waals surface area contributed by atoms with Crippen molar-refractivity contribution in [3.8, 4) is 5.75 Å². The van der Waals surface area contributed by atoms with E-state index < -0.39 is 35.9 Å². The van der Waals surface area contributed by atoms with Crippen molar-refractivity contribution in [1.29, 1.82) is 0 Å². The highest BCUT2D eigenvalue weighted by Crippen LogP contribution is 2.33. The molecule has 4 aromatic rings. The number of benzene rings is 2. The Morgan fingerprint density at radius 2 is 1.76 bits per heavy atom. The molecular weight excluding hydrogens is 493 g/mol. The molecule has 0 aliphatic rings. The molecule has 0 bridgehead atoms. The Hall–Kier alpha value is -3.79. The SMILES string of the molecule is Cc1cc(OCc2c(F)cccc2F)c2nc(C)c(C(=O)CC(CN)c3cccc(C(F)(F)F)c3)n2c1. The number of halogens is 5. The molecule has 0 aliphatic heterocycles. The van der Waals surface area contributed by atoms with Crippen molar-refractivity contribution in [3.05, 3.63) is 100 Å². The van der Waals surface area contributed by atoms with E-state index in [-0.39, 0.29) is 41.4 Å². The number of pyridine rings is 1. The second-order valence-corrected chi connectivity index (χ2v) is 8.79. The summed E-state index contributed by atoms with van der Waals surface area (Å²) >= 11 is 0. The van der Waals surface area contributed by atoms with Gasteiger partial charge in [-0.25, -0.2) is 13.8 Å².